The van der Waals surface area contributed by atoms with E-state index in [4.69, 9.17) is 9.16 Å². The fourth-order valence-corrected chi connectivity index (χ4v) is 3.72. The average Bonchev–Trinajstić information content (AvgIpc) is 2.36. The molecule has 1 rings (SSSR count). The van der Waals surface area contributed by atoms with Crippen LogP contribution in [0.5, 0.6) is 5.75 Å². The van der Waals surface area contributed by atoms with Gasteiger partial charge in [-0.05, 0) is 59.2 Å². The highest BCUT2D eigenvalue weighted by Gasteiger charge is 2.42. The Balaban J connectivity index is 3.03. The first-order chi connectivity index (χ1) is 10.6. The first kappa shape index (κ1) is 21.6. The molecule has 2 unspecified atom stereocenters. The van der Waals surface area contributed by atoms with E-state index < -0.39 is 8.32 Å². The molecule has 1 aromatic rings. The lowest BCUT2D eigenvalue weighted by molar-refractivity contribution is 0.000879. The Labute approximate surface area is 156 Å². The van der Waals surface area contributed by atoms with Crippen LogP contribution in [0.1, 0.15) is 41.5 Å². The van der Waals surface area contributed by atoms with Crippen LogP contribution in [-0.2, 0) is 4.43 Å². The van der Waals surface area contributed by atoms with E-state index in [0.29, 0.717) is 10.2 Å². The Kier molecular flexibility index (Phi) is 6.73. The maximum atomic E-state index is 13.4. The van der Waals surface area contributed by atoms with Gasteiger partial charge in [-0.1, -0.05) is 41.5 Å². The molecular formula is C19H31BrFO2Si. The van der Waals surface area contributed by atoms with Crippen molar-refractivity contribution in [3.05, 3.63) is 35.4 Å². The fourth-order valence-electron chi connectivity index (χ4n) is 2.12. The first-order valence-corrected chi connectivity index (χ1v) is 12.0. The molecule has 0 N–H and O–H groups in total. The van der Waals surface area contributed by atoms with Crippen molar-refractivity contribution < 1.29 is 13.6 Å². The molecule has 0 saturated carbocycles. The molecule has 2 atom stereocenters. The molecule has 0 bridgehead atoms. The molecule has 0 amide bonds. The number of ether oxygens (including phenoxy) is 1. The zero-order valence-electron chi connectivity index (χ0n) is 16.2. The normalized spacial score (nSPS) is 16.0. The minimum absolute atomic E-state index is 0.101. The summed E-state index contributed by atoms with van der Waals surface area (Å²) in [6.45, 7) is 21.6. The number of hydrogen-bond donors (Lipinski definition) is 0. The van der Waals surface area contributed by atoms with Gasteiger partial charge in [-0.25, -0.2) is 4.39 Å². The third-order valence-corrected chi connectivity index (χ3v) is 9.71. The predicted molar refractivity (Wildman–Crippen MR) is 105 cm³/mol. The highest BCUT2D eigenvalue weighted by atomic mass is 79.9. The van der Waals surface area contributed by atoms with Crippen molar-refractivity contribution in [2.75, 3.05) is 0 Å². The van der Waals surface area contributed by atoms with E-state index in [0.717, 1.165) is 0 Å². The van der Waals surface area contributed by atoms with Gasteiger partial charge in [0.25, 0.3) is 0 Å². The highest BCUT2D eigenvalue weighted by molar-refractivity contribution is 9.10. The van der Waals surface area contributed by atoms with Gasteiger partial charge in [-0.2, -0.15) is 0 Å². The van der Waals surface area contributed by atoms with Crippen molar-refractivity contribution in [2.45, 2.75) is 71.9 Å². The molecule has 0 aliphatic carbocycles. The Morgan fingerprint density at radius 3 is 2.08 bits per heavy atom. The zero-order valence-corrected chi connectivity index (χ0v) is 18.8. The molecule has 0 aromatic heterocycles. The second-order valence-electron chi connectivity index (χ2n) is 8.90. The molecule has 0 heterocycles. The summed E-state index contributed by atoms with van der Waals surface area (Å²) in [5, 5.41) is 0.101. The average molecular weight is 418 g/mol. The monoisotopic (exact) mass is 417 g/mol. The Hall–Kier alpha value is -0.393. The lowest BCUT2D eigenvalue weighted by Crippen LogP contribution is -2.50. The molecule has 1 radical (unpaired) electrons. The molecule has 5 heteroatoms. The van der Waals surface area contributed by atoms with E-state index in [2.05, 4.69) is 77.5 Å². The smallest absolute Gasteiger partial charge is 0.192 e. The summed E-state index contributed by atoms with van der Waals surface area (Å²) in [5.74, 6) is 0.300. The van der Waals surface area contributed by atoms with Crippen molar-refractivity contribution in [1.82, 2.24) is 0 Å². The van der Waals surface area contributed by atoms with Crippen LogP contribution in [0.15, 0.2) is 22.7 Å². The lowest BCUT2D eigenvalue weighted by atomic mass is 9.86. The quantitative estimate of drug-likeness (QED) is 0.501. The van der Waals surface area contributed by atoms with Gasteiger partial charge in [-0.3, -0.25) is 0 Å². The summed E-state index contributed by atoms with van der Waals surface area (Å²) in [6.07, 6.45) is -0.557. The van der Waals surface area contributed by atoms with E-state index in [-0.39, 0.29) is 28.5 Å². The lowest BCUT2D eigenvalue weighted by Gasteiger charge is -2.43. The van der Waals surface area contributed by atoms with Crippen molar-refractivity contribution in [3.8, 4) is 5.75 Å². The van der Waals surface area contributed by atoms with Crippen LogP contribution >= 0.6 is 15.9 Å². The van der Waals surface area contributed by atoms with Crippen molar-refractivity contribution in [3.63, 3.8) is 0 Å². The van der Waals surface area contributed by atoms with Gasteiger partial charge in [0, 0.05) is 5.41 Å². The predicted octanol–water partition coefficient (Wildman–Crippen LogP) is 6.61. The van der Waals surface area contributed by atoms with E-state index in [1.54, 1.807) is 12.1 Å². The zero-order chi connectivity index (χ0) is 18.9. The van der Waals surface area contributed by atoms with Crippen LogP contribution < -0.4 is 4.74 Å². The summed E-state index contributed by atoms with van der Waals surface area (Å²) in [6, 6.07) is 4.68. The number of rotatable bonds is 5. The van der Waals surface area contributed by atoms with E-state index in [1.807, 2.05) is 0 Å². The first-order valence-electron chi connectivity index (χ1n) is 8.28. The molecule has 2 nitrogen and oxygen atoms in total. The van der Waals surface area contributed by atoms with Crippen LogP contribution in [0.2, 0.25) is 18.1 Å². The SMILES string of the molecule is [CH2]C(O[Si](C)(C)C(C)(C)C)C(Oc1ccc(F)c(Br)c1)C(C)(C)C. The van der Waals surface area contributed by atoms with E-state index >= 15 is 0 Å². The Morgan fingerprint density at radius 1 is 1.12 bits per heavy atom. The summed E-state index contributed by atoms with van der Waals surface area (Å²) in [4.78, 5) is 0. The largest absolute Gasteiger partial charge is 0.487 e. The Morgan fingerprint density at radius 2 is 1.67 bits per heavy atom. The van der Waals surface area contributed by atoms with E-state index in [9.17, 15) is 4.39 Å². The summed E-state index contributed by atoms with van der Waals surface area (Å²) in [7, 11) is -1.96. The van der Waals surface area contributed by atoms with Crippen molar-refractivity contribution >= 4 is 24.2 Å². The van der Waals surface area contributed by atoms with Crippen LogP contribution in [-0.4, -0.2) is 20.5 Å². The summed E-state index contributed by atoms with van der Waals surface area (Å²) in [5.41, 5.74) is -0.171. The molecule has 1 aromatic carbocycles. The summed E-state index contributed by atoms with van der Waals surface area (Å²) >= 11 is 3.20. The highest BCUT2D eigenvalue weighted by Crippen LogP contribution is 2.39. The van der Waals surface area contributed by atoms with Crippen LogP contribution in [0.4, 0.5) is 4.39 Å². The minimum Gasteiger partial charge on any atom is -0.487 e. The molecule has 0 aliphatic rings. The second-order valence-corrected chi connectivity index (χ2v) is 14.5. The third-order valence-electron chi connectivity index (χ3n) is 4.60. The van der Waals surface area contributed by atoms with Gasteiger partial charge in [-0.15, -0.1) is 0 Å². The molecule has 0 aliphatic heterocycles. The fraction of sp³-hybridized carbons (Fsp3) is 0.632. The van der Waals surface area contributed by atoms with Crippen LogP contribution in [0, 0.1) is 18.2 Å². The number of hydrogen-bond acceptors (Lipinski definition) is 2. The molecule has 0 saturated heterocycles. The van der Waals surface area contributed by atoms with E-state index in [1.165, 1.54) is 6.07 Å². The van der Waals surface area contributed by atoms with Gasteiger partial charge in [0.2, 0.25) is 0 Å². The van der Waals surface area contributed by atoms with Gasteiger partial charge in [0.1, 0.15) is 17.7 Å². The third kappa shape index (κ3) is 5.56. The number of benzene rings is 1. The number of halogens is 2. The second kappa shape index (κ2) is 7.46. The van der Waals surface area contributed by atoms with Crippen LogP contribution in [0.25, 0.3) is 0 Å². The van der Waals surface area contributed by atoms with Gasteiger partial charge in [0.15, 0.2) is 8.32 Å². The Bertz CT molecular complexity index is 561. The standard InChI is InChI=1S/C19H31BrFO2Si/c1-13(23-24(8,9)19(5,6)7)17(18(2,3)4)22-14-10-11-16(21)15(20)12-14/h10-13,17H,1H2,2-9H3. The molecule has 0 spiro atoms. The molecule has 24 heavy (non-hydrogen) atoms. The molecule has 0 fully saturated rings. The van der Waals surface area contributed by atoms with Crippen LogP contribution in [0.3, 0.4) is 0 Å². The van der Waals surface area contributed by atoms with Gasteiger partial charge in [0.05, 0.1) is 10.6 Å². The van der Waals surface area contributed by atoms with Gasteiger partial charge < -0.3 is 9.16 Å². The van der Waals surface area contributed by atoms with Crippen molar-refractivity contribution in [1.29, 1.82) is 0 Å². The maximum absolute atomic E-state index is 13.4. The van der Waals surface area contributed by atoms with Gasteiger partial charge >= 0.3 is 0 Å². The molecular weight excluding hydrogens is 387 g/mol. The topological polar surface area (TPSA) is 18.5 Å². The molecule has 137 valence electrons. The maximum Gasteiger partial charge on any atom is 0.192 e. The van der Waals surface area contributed by atoms with Crippen molar-refractivity contribution in [2.24, 2.45) is 5.41 Å². The summed E-state index contributed by atoms with van der Waals surface area (Å²) < 4.78 is 26.4. The minimum atomic E-state index is -1.96.